The third-order valence-electron chi connectivity index (χ3n) is 4.38. The molecule has 0 aliphatic rings. The number of ether oxygens (including phenoxy) is 4. The predicted molar refractivity (Wildman–Crippen MR) is 122 cm³/mol. The topological polar surface area (TPSA) is 84.8 Å². The lowest BCUT2D eigenvalue weighted by atomic mass is 10.2. The zero-order valence-corrected chi connectivity index (χ0v) is 18.3. The van der Waals surface area contributed by atoms with Gasteiger partial charge in [0.2, 0.25) is 0 Å². The minimum Gasteiger partial charge on any atom is -0.493 e. The molecular formula is C23H33N3O4. The summed E-state index contributed by atoms with van der Waals surface area (Å²) >= 11 is 0. The molecule has 0 fully saturated rings. The van der Waals surface area contributed by atoms with Gasteiger partial charge in [-0.05, 0) is 37.1 Å². The van der Waals surface area contributed by atoms with Crippen LogP contribution in [0, 0.1) is 5.41 Å². The van der Waals surface area contributed by atoms with E-state index in [0.717, 1.165) is 37.1 Å². The summed E-state index contributed by atoms with van der Waals surface area (Å²) < 4.78 is 22.3. The molecule has 0 spiro atoms. The smallest absolute Gasteiger partial charge is 0.197 e. The van der Waals surface area contributed by atoms with Crippen molar-refractivity contribution in [2.45, 2.75) is 39.5 Å². The summed E-state index contributed by atoms with van der Waals surface area (Å²) in [5.74, 6) is 2.77. The summed E-state index contributed by atoms with van der Waals surface area (Å²) in [6.45, 7) is 5.48. The van der Waals surface area contributed by atoms with Crippen LogP contribution >= 0.6 is 0 Å². The van der Waals surface area contributed by atoms with Crippen molar-refractivity contribution in [1.82, 2.24) is 0 Å². The third-order valence-corrected chi connectivity index (χ3v) is 4.38. The van der Waals surface area contributed by atoms with Crippen molar-refractivity contribution >= 4 is 17.3 Å². The van der Waals surface area contributed by atoms with Gasteiger partial charge < -0.3 is 29.6 Å². The summed E-state index contributed by atoms with van der Waals surface area (Å²) in [6.07, 6.45) is 4.05. The highest BCUT2D eigenvalue weighted by molar-refractivity contribution is 6.01. The van der Waals surface area contributed by atoms with Gasteiger partial charge in [0.15, 0.2) is 29.0 Å². The molecule has 164 valence electrons. The molecule has 0 saturated carbocycles. The van der Waals surface area contributed by atoms with Gasteiger partial charge in [0.1, 0.15) is 0 Å². The first kappa shape index (κ1) is 23.2. The number of anilines is 2. The molecule has 7 nitrogen and oxygen atoms in total. The Morgan fingerprint density at radius 1 is 0.733 bits per heavy atom. The number of methoxy groups -OCH3 is 2. The van der Waals surface area contributed by atoms with E-state index in [1.54, 1.807) is 14.2 Å². The second-order valence-corrected chi connectivity index (χ2v) is 6.76. The van der Waals surface area contributed by atoms with E-state index in [0.29, 0.717) is 36.2 Å². The molecule has 0 aliphatic carbocycles. The first-order valence-electron chi connectivity index (χ1n) is 10.4. The third kappa shape index (κ3) is 7.06. The number of hydrogen-bond acceptors (Lipinski definition) is 5. The molecule has 7 heteroatoms. The van der Waals surface area contributed by atoms with Gasteiger partial charge in [-0.1, -0.05) is 26.7 Å². The minimum atomic E-state index is 0.129. The zero-order chi connectivity index (χ0) is 21.8. The SMILES string of the molecule is CCCCOc1cc(NC(=N)Nc2ccc(OC)c(OCCCC)c2)ccc1OC. The van der Waals surface area contributed by atoms with Gasteiger partial charge in [-0.15, -0.1) is 0 Å². The van der Waals surface area contributed by atoms with Crippen LogP contribution in [0.4, 0.5) is 11.4 Å². The van der Waals surface area contributed by atoms with Crippen molar-refractivity contribution < 1.29 is 18.9 Å². The number of hydrogen-bond donors (Lipinski definition) is 3. The molecule has 2 aromatic carbocycles. The molecule has 0 aliphatic heterocycles. The van der Waals surface area contributed by atoms with Crippen molar-refractivity contribution in [2.24, 2.45) is 0 Å². The molecule has 0 unspecified atom stereocenters. The van der Waals surface area contributed by atoms with Crippen molar-refractivity contribution in [3.05, 3.63) is 36.4 Å². The molecule has 0 bridgehead atoms. The number of benzene rings is 2. The maximum Gasteiger partial charge on any atom is 0.197 e. The predicted octanol–water partition coefficient (Wildman–Crippen LogP) is 5.52. The lowest BCUT2D eigenvalue weighted by Crippen LogP contribution is -2.20. The molecular weight excluding hydrogens is 382 g/mol. The Kier molecular flexibility index (Phi) is 9.64. The second kappa shape index (κ2) is 12.5. The average molecular weight is 416 g/mol. The minimum absolute atomic E-state index is 0.129. The highest BCUT2D eigenvalue weighted by Crippen LogP contribution is 2.32. The Bertz CT molecular complexity index is 746. The van der Waals surface area contributed by atoms with E-state index in [9.17, 15) is 0 Å². The van der Waals surface area contributed by atoms with Crippen LogP contribution in [0.5, 0.6) is 23.0 Å². The first-order valence-corrected chi connectivity index (χ1v) is 10.4. The van der Waals surface area contributed by atoms with Gasteiger partial charge >= 0.3 is 0 Å². The van der Waals surface area contributed by atoms with E-state index in [1.807, 2.05) is 36.4 Å². The van der Waals surface area contributed by atoms with Gasteiger partial charge in [0.05, 0.1) is 27.4 Å². The highest BCUT2D eigenvalue weighted by atomic mass is 16.5. The fourth-order valence-corrected chi connectivity index (χ4v) is 2.71. The molecule has 2 aromatic rings. The molecule has 0 radical (unpaired) electrons. The largest absolute Gasteiger partial charge is 0.493 e. The van der Waals surface area contributed by atoms with Crippen LogP contribution in [-0.2, 0) is 0 Å². The quantitative estimate of drug-likeness (QED) is 0.240. The second-order valence-electron chi connectivity index (χ2n) is 6.76. The molecule has 30 heavy (non-hydrogen) atoms. The van der Waals surface area contributed by atoms with Crippen LogP contribution < -0.4 is 29.6 Å². The van der Waals surface area contributed by atoms with E-state index in [1.165, 1.54) is 0 Å². The standard InChI is InChI=1S/C23H33N3O4/c1-5-7-13-29-21-15-17(9-11-19(21)27-3)25-23(24)26-18-10-12-20(28-4)22(16-18)30-14-8-6-2/h9-12,15-16H,5-8,13-14H2,1-4H3,(H3,24,25,26). The lowest BCUT2D eigenvalue weighted by molar-refractivity contribution is 0.288. The molecule has 0 saturated heterocycles. The monoisotopic (exact) mass is 415 g/mol. The van der Waals surface area contributed by atoms with E-state index in [4.69, 9.17) is 24.4 Å². The summed E-state index contributed by atoms with van der Waals surface area (Å²) in [7, 11) is 3.23. The first-order chi connectivity index (χ1) is 14.6. The fourth-order valence-electron chi connectivity index (χ4n) is 2.71. The van der Waals surface area contributed by atoms with Gasteiger partial charge in [-0.2, -0.15) is 0 Å². The number of guanidine groups is 1. The summed E-state index contributed by atoms with van der Waals surface area (Å²) in [5.41, 5.74) is 1.46. The fraction of sp³-hybridized carbons (Fsp3) is 0.435. The van der Waals surface area contributed by atoms with Crippen molar-refractivity contribution in [2.75, 3.05) is 38.1 Å². The zero-order valence-electron chi connectivity index (χ0n) is 18.3. The average Bonchev–Trinajstić information content (AvgIpc) is 2.74. The number of unbranched alkanes of at least 4 members (excludes halogenated alkanes) is 2. The lowest BCUT2D eigenvalue weighted by Gasteiger charge is -2.16. The highest BCUT2D eigenvalue weighted by Gasteiger charge is 2.09. The van der Waals surface area contributed by atoms with Crippen molar-refractivity contribution in [3.8, 4) is 23.0 Å². The van der Waals surface area contributed by atoms with Gasteiger partial charge in [0.25, 0.3) is 0 Å². The molecule has 0 amide bonds. The normalized spacial score (nSPS) is 10.3. The maximum atomic E-state index is 8.27. The van der Waals surface area contributed by atoms with Crippen LogP contribution in [0.3, 0.4) is 0 Å². The van der Waals surface area contributed by atoms with E-state index in [-0.39, 0.29) is 5.96 Å². The molecule has 2 rings (SSSR count). The van der Waals surface area contributed by atoms with Crippen LogP contribution in [0.1, 0.15) is 39.5 Å². The summed E-state index contributed by atoms with van der Waals surface area (Å²) in [4.78, 5) is 0. The summed E-state index contributed by atoms with van der Waals surface area (Å²) in [5, 5.41) is 14.3. The van der Waals surface area contributed by atoms with Crippen LogP contribution in [0.25, 0.3) is 0 Å². The Morgan fingerprint density at radius 2 is 1.17 bits per heavy atom. The Labute approximate surface area is 179 Å². The number of nitrogens with one attached hydrogen (secondary N) is 3. The van der Waals surface area contributed by atoms with E-state index < -0.39 is 0 Å². The maximum absolute atomic E-state index is 8.27. The van der Waals surface area contributed by atoms with Crippen LogP contribution in [0.2, 0.25) is 0 Å². The van der Waals surface area contributed by atoms with Crippen LogP contribution in [0.15, 0.2) is 36.4 Å². The van der Waals surface area contributed by atoms with Crippen LogP contribution in [-0.4, -0.2) is 33.4 Å². The van der Waals surface area contributed by atoms with Crippen molar-refractivity contribution in [1.29, 1.82) is 5.41 Å². The van der Waals surface area contributed by atoms with Gasteiger partial charge in [-0.3, -0.25) is 5.41 Å². The number of rotatable bonds is 12. The van der Waals surface area contributed by atoms with Crippen molar-refractivity contribution in [3.63, 3.8) is 0 Å². The van der Waals surface area contributed by atoms with E-state index in [2.05, 4.69) is 24.5 Å². The molecule has 0 heterocycles. The van der Waals surface area contributed by atoms with E-state index >= 15 is 0 Å². The Hall–Kier alpha value is -3.09. The molecule has 0 aromatic heterocycles. The molecule has 3 N–H and O–H groups in total. The Balaban J connectivity index is 2.04. The van der Waals surface area contributed by atoms with Gasteiger partial charge in [0, 0.05) is 23.5 Å². The van der Waals surface area contributed by atoms with Gasteiger partial charge in [-0.25, -0.2) is 0 Å². The summed E-state index contributed by atoms with van der Waals surface area (Å²) in [6, 6.07) is 11.0. The Morgan fingerprint density at radius 3 is 1.53 bits per heavy atom. The molecule has 0 atom stereocenters.